The first-order valence-corrected chi connectivity index (χ1v) is 32.5. The molecule has 4 aromatic carbocycles. The highest BCUT2D eigenvalue weighted by Gasteiger charge is 2.53. The normalized spacial score (nSPS) is 17.5. The summed E-state index contributed by atoms with van der Waals surface area (Å²) in [6.07, 6.45) is -1.82. The van der Waals surface area contributed by atoms with Crippen molar-refractivity contribution in [1.82, 2.24) is 41.4 Å². The van der Waals surface area contributed by atoms with Gasteiger partial charge in [-0.15, -0.1) is 0 Å². The molecule has 2 fully saturated rings. The van der Waals surface area contributed by atoms with E-state index in [1.165, 1.54) is 9.80 Å². The van der Waals surface area contributed by atoms with Crippen molar-refractivity contribution < 1.29 is 66.7 Å². The summed E-state index contributed by atoms with van der Waals surface area (Å²) < 4.78 is 28.0. The number of unbranched alkanes of at least 4 members (excludes halogenated alkanes) is 2. The van der Waals surface area contributed by atoms with Crippen LogP contribution in [0.1, 0.15) is 140 Å². The van der Waals surface area contributed by atoms with Crippen molar-refractivity contribution >= 4 is 94.2 Å². The van der Waals surface area contributed by atoms with Gasteiger partial charge in [0.25, 0.3) is 11.8 Å². The van der Waals surface area contributed by atoms with Gasteiger partial charge >= 0.3 is 24.4 Å². The van der Waals surface area contributed by atoms with Crippen LogP contribution in [0.3, 0.4) is 0 Å². The average molecular weight is 1380 g/mol. The topological polar surface area (TPSA) is 291 Å². The summed E-state index contributed by atoms with van der Waals surface area (Å²) in [6, 6.07) is 24.9. The lowest BCUT2D eigenvalue weighted by Crippen LogP contribution is -2.49. The Balaban J connectivity index is 0.000000266. The van der Waals surface area contributed by atoms with Crippen LogP contribution in [0.15, 0.2) is 106 Å². The Bertz CT molecular complexity index is 3640. The fourth-order valence-corrected chi connectivity index (χ4v) is 12.4. The number of ketones is 2. The van der Waals surface area contributed by atoms with Crippen molar-refractivity contribution in [2.45, 2.75) is 163 Å². The van der Waals surface area contributed by atoms with E-state index in [9.17, 15) is 43.5 Å². The van der Waals surface area contributed by atoms with Gasteiger partial charge in [0.05, 0.1) is 50.8 Å². The number of benzene rings is 4. The van der Waals surface area contributed by atoms with Crippen molar-refractivity contribution in [3.05, 3.63) is 151 Å². The second-order valence-electron chi connectivity index (χ2n) is 24.6. The lowest BCUT2D eigenvalue weighted by Gasteiger charge is -2.33. The molecule has 0 spiro atoms. The second kappa shape index (κ2) is 32.8. The molecule has 0 aliphatic carbocycles. The van der Waals surface area contributed by atoms with Gasteiger partial charge in [-0.2, -0.15) is 0 Å². The molecule has 6 amide bonds. The van der Waals surface area contributed by atoms with Crippen molar-refractivity contribution in [2.24, 2.45) is 10.8 Å². The quantitative estimate of drug-likeness (QED) is 0.0278. The lowest BCUT2D eigenvalue weighted by atomic mass is 9.79. The number of halogens is 4. The van der Waals surface area contributed by atoms with E-state index < -0.39 is 101 Å². The van der Waals surface area contributed by atoms with Crippen molar-refractivity contribution in [3.8, 4) is 22.5 Å². The van der Waals surface area contributed by atoms with Crippen LogP contribution in [0.2, 0.25) is 20.1 Å². The highest BCUT2D eigenvalue weighted by molar-refractivity contribution is 6.40. The first-order chi connectivity index (χ1) is 44.6. The van der Waals surface area contributed by atoms with Crippen molar-refractivity contribution in [3.63, 3.8) is 0 Å². The number of carboxylic acid groups (broad SMARTS) is 1. The van der Waals surface area contributed by atoms with Crippen LogP contribution >= 0.6 is 46.4 Å². The summed E-state index contributed by atoms with van der Waals surface area (Å²) in [5.41, 5.74) is 3.00. The summed E-state index contributed by atoms with van der Waals surface area (Å²) in [6.45, 7) is 18.2. The number of alkyl carbamates (subject to hydrolysis) is 2. The molecule has 94 heavy (non-hydrogen) atoms. The molecule has 7 atom stereocenters. The SMILES string of the molecule is CCCC[C@H](NC(=O)O[C@@H]1CN(C(=O)O)C(Cc2c(-c3c(Cl)cccc3Cl)noc2C)C1(C)C)C(=O)C(=O)N[C@H](C)c1ccccc1.CCCC[C@H](NC(=O)O[C@@H]1CN(C(=O)OCc2c(-c3c(Cl)cccc3Cl)noc2C)CC1(C)C)C(=O)C(=O)N[C@H](C)c1ccccc1. The van der Waals surface area contributed by atoms with E-state index in [1.807, 2.05) is 102 Å². The Kier molecular flexibility index (Phi) is 25.5. The standard InChI is InChI=1S/2C34H40Cl2N4O7/c1-6-7-16-26(30(41)31(42)37-20(2)22-12-9-8-10-13-22)38-32(43)46-27-17-40(19-34(27,4)5)33(44)45-18-23-21(3)47-39-29(23)28-24(35)14-11-15-25(28)36;1-6-7-16-25(30(41)31(42)37-19(2)21-12-9-8-10-13-21)38-32(43)46-27-18-40(33(44)45)26(34(27,4)5)17-22-20(3)47-39-29(22)28-23(35)14-11-15-24(28)36/h8-15,20,26-27H,6-7,16-19H2,1-5H3,(H,37,42)(H,38,43);8-15,19,25-27H,6-7,16-18H2,1-5H3,(H,37,42)(H,38,43)(H,44,45)/t20-,26+,27-;19-,25+,26?,27-/m11/s1. The van der Waals surface area contributed by atoms with Gasteiger partial charge in [-0.05, 0) is 82.3 Å². The number of nitrogens with zero attached hydrogens (tertiary/aromatic N) is 4. The molecular weight excluding hydrogens is 1290 g/mol. The summed E-state index contributed by atoms with van der Waals surface area (Å²) in [5.74, 6) is -2.24. The van der Waals surface area contributed by atoms with Crippen LogP contribution < -0.4 is 21.3 Å². The molecular formula is C68H80Cl4N8O14. The van der Waals surface area contributed by atoms with Crippen molar-refractivity contribution in [2.75, 3.05) is 19.6 Å². The zero-order valence-corrected chi connectivity index (χ0v) is 57.1. The Morgan fingerprint density at radius 3 is 1.47 bits per heavy atom. The minimum Gasteiger partial charge on any atom is -0.465 e. The van der Waals surface area contributed by atoms with Gasteiger partial charge in [-0.3, -0.25) is 19.2 Å². The molecule has 2 aliphatic heterocycles. The van der Waals surface area contributed by atoms with E-state index in [0.717, 1.165) is 24.0 Å². The average Bonchev–Trinajstić information content (AvgIpc) is 1.61. The molecule has 504 valence electrons. The number of rotatable bonds is 24. The summed E-state index contributed by atoms with van der Waals surface area (Å²) in [7, 11) is 0. The van der Waals surface area contributed by atoms with E-state index in [0.29, 0.717) is 78.1 Å². The largest absolute Gasteiger partial charge is 0.465 e. The molecule has 4 heterocycles. The number of amides is 6. The zero-order chi connectivity index (χ0) is 68.8. The molecule has 2 saturated heterocycles. The molecule has 6 aromatic rings. The summed E-state index contributed by atoms with van der Waals surface area (Å²) >= 11 is 25.7. The molecule has 0 bridgehead atoms. The van der Waals surface area contributed by atoms with Gasteiger partial charge in [0.1, 0.15) is 53.8 Å². The van der Waals surface area contributed by atoms with Gasteiger partial charge < -0.3 is 59.4 Å². The minimum absolute atomic E-state index is 0.0632. The van der Waals surface area contributed by atoms with Gasteiger partial charge in [-0.25, -0.2) is 19.2 Å². The molecule has 0 radical (unpaired) electrons. The maximum atomic E-state index is 13.3. The number of carbonyl (C=O) groups is 8. The molecule has 8 rings (SSSR count). The predicted octanol–water partition coefficient (Wildman–Crippen LogP) is 14.0. The predicted molar refractivity (Wildman–Crippen MR) is 354 cm³/mol. The summed E-state index contributed by atoms with van der Waals surface area (Å²) in [5, 5.41) is 30.5. The number of Topliss-reactive ketones (excluding diaryl/α,β-unsaturated/α-hetero) is 2. The second-order valence-corrected chi connectivity index (χ2v) is 26.3. The number of ether oxygens (including phenoxy) is 3. The smallest absolute Gasteiger partial charge is 0.410 e. The van der Waals surface area contributed by atoms with Crippen LogP contribution in [0.4, 0.5) is 19.2 Å². The van der Waals surface area contributed by atoms with E-state index in [4.69, 9.17) is 69.7 Å². The molecule has 0 saturated carbocycles. The third-order valence-corrected chi connectivity index (χ3v) is 18.3. The zero-order valence-electron chi connectivity index (χ0n) is 54.1. The first-order valence-electron chi connectivity index (χ1n) is 31.0. The van der Waals surface area contributed by atoms with Crippen LogP contribution in [-0.4, -0.2) is 123 Å². The minimum atomic E-state index is -1.19. The number of aryl methyl sites for hydroxylation is 2. The van der Waals surface area contributed by atoms with Gasteiger partial charge in [-0.1, -0.05) is 197 Å². The molecule has 1 unspecified atom stereocenters. The third-order valence-electron chi connectivity index (χ3n) is 17.0. The Labute approximate surface area is 566 Å². The number of hydrogen-bond acceptors (Lipinski definition) is 15. The van der Waals surface area contributed by atoms with Gasteiger partial charge in [0.2, 0.25) is 11.6 Å². The van der Waals surface area contributed by atoms with Crippen LogP contribution in [0.25, 0.3) is 22.5 Å². The Morgan fingerprint density at radius 1 is 0.606 bits per heavy atom. The van der Waals surface area contributed by atoms with Crippen LogP contribution in [0.5, 0.6) is 0 Å². The number of aromatic nitrogens is 2. The van der Waals surface area contributed by atoms with Crippen LogP contribution in [0, 0.1) is 24.7 Å². The van der Waals surface area contributed by atoms with E-state index in [1.54, 1.807) is 64.1 Å². The van der Waals surface area contributed by atoms with Gasteiger partial charge in [0.15, 0.2) is 0 Å². The monoisotopic (exact) mass is 1370 g/mol. The molecule has 5 N–H and O–H groups in total. The third kappa shape index (κ3) is 18.2. The number of hydrogen-bond donors (Lipinski definition) is 5. The molecule has 2 aromatic heterocycles. The number of nitrogens with one attached hydrogen (secondary N) is 4. The summed E-state index contributed by atoms with van der Waals surface area (Å²) in [4.78, 5) is 107. The Morgan fingerprint density at radius 2 is 1.03 bits per heavy atom. The van der Waals surface area contributed by atoms with Crippen molar-refractivity contribution in [1.29, 1.82) is 0 Å². The fourth-order valence-electron chi connectivity index (χ4n) is 11.3. The van der Waals surface area contributed by atoms with Gasteiger partial charge in [0, 0.05) is 40.1 Å². The van der Waals surface area contributed by atoms with E-state index >= 15 is 0 Å². The van der Waals surface area contributed by atoms with E-state index in [-0.39, 0.29) is 45.5 Å². The first kappa shape index (κ1) is 73.2. The maximum Gasteiger partial charge on any atom is 0.410 e. The molecule has 22 nitrogen and oxygen atoms in total. The number of carbonyl (C=O) groups excluding carboxylic acids is 7. The van der Waals surface area contributed by atoms with E-state index in [2.05, 4.69) is 31.6 Å². The maximum absolute atomic E-state index is 13.3. The lowest BCUT2D eigenvalue weighted by molar-refractivity contribution is -0.139. The highest BCUT2D eigenvalue weighted by atomic mass is 35.5. The highest BCUT2D eigenvalue weighted by Crippen LogP contribution is 2.44. The fraction of sp³-hybridized carbons (Fsp3) is 0.441. The van der Waals surface area contributed by atoms with Crippen LogP contribution in [-0.2, 0) is 46.4 Å². The molecule has 2 aliphatic rings. The Hall–Kier alpha value is -8.18. The molecule has 26 heteroatoms. The number of likely N-dealkylation sites (tertiary alicyclic amines) is 2.